The summed E-state index contributed by atoms with van der Waals surface area (Å²) in [6.45, 7) is 1.83. The Labute approximate surface area is 207 Å². The number of carbonyl (C=O) groups is 2. The van der Waals surface area contributed by atoms with Crippen LogP contribution in [0, 0.1) is 0 Å². The number of aromatic nitrogens is 3. The van der Waals surface area contributed by atoms with Gasteiger partial charge < -0.3 is 14.8 Å². The quantitative estimate of drug-likeness (QED) is 0.267. The average Bonchev–Trinajstić information content (AvgIpc) is 3.47. The van der Waals surface area contributed by atoms with Crippen LogP contribution in [0.2, 0.25) is 0 Å². The Bertz CT molecular complexity index is 1500. The molecule has 3 aromatic carbocycles. The highest BCUT2D eigenvalue weighted by atomic mass is 16.6. The third-order valence-corrected chi connectivity index (χ3v) is 5.94. The number of fused-ring (bicyclic) bond motifs is 1. The molecule has 180 valence electrons. The average molecular weight is 481 g/mol. The molecule has 8 nitrogen and oxygen atoms in total. The van der Waals surface area contributed by atoms with Crippen LogP contribution >= 0.6 is 0 Å². The molecule has 1 amide bonds. The molecule has 5 aromatic rings. The lowest BCUT2D eigenvalue weighted by atomic mass is 10.0. The summed E-state index contributed by atoms with van der Waals surface area (Å²) in [6, 6.07) is 24.9. The molecule has 0 fully saturated rings. The lowest BCUT2D eigenvalue weighted by molar-refractivity contribution is -0.136. The third-order valence-electron chi connectivity index (χ3n) is 5.94. The zero-order valence-corrected chi connectivity index (χ0v) is 19.5. The summed E-state index contributed by atoms with van der Waals surface area (Å²) in [5, 5.41) is 11.8. The van der Waals surface area contributed by atoms with E-state index in [-0.39, 0.29) is 6.42 Å². The number of ether oxygens (including phenoxy) is 1. The van der Waals surface area contributed by atoms with Crippen molar-refractivity contribution in [2.75, 3.05) is 5.32 Å². The number of anilines is 1. The van der Waals surface area contributed by atoms with Crippen molar-refractivity contribution in [2.45, 2.75) is 19.4 Å². The van der Waals surface area contributed by atoms with Gasteiger partial charge in [0.1, 0.15) is 11.9 Å². The van der Waals surface area contributed by atoms with Gasteiger partial charge in [-0.15, -0.1) is 0 Å². The number of hydrogen-bond acceptors (Lipinski definition) is 4. The minimum Gasteiger partial charge on any atom is -0.481 e. The van der Waals surface area contributed by atoms with Crippen molar-refractivity contribution in [3.8, 4) is 22.4 Å². The van der Waals surface area contributed by atoms with Crippen LogP contribution in [-0.2, 0) is 16.0 Å². The van der Waals surface area contributed by atoms with Crippen molar-refractivity contribution >= 4 is 23.7 Å². The second-order valence-electron chi connectivity index (χ2n) is 8.40. The van der Waals surface area contributed by atoms with E-state index in [1.165, 1.54) is 0 Å². The normalized spacial score (nSPS) is 11.8. The van der Waals surface area contributed by atoms with E-state index < -0.39 is 18.2 Å². The fraction of sp³-hybridized carbons (Fsp3) is 0.107. The van der Waals surface area contributed by atoms with Crippen molar-refractivity contribution in [3.05, 3.63) is 102 Å². The Morgan fingerprint density at radius 3 is 2.28 bits per heavy atom. The number of benzene rings is 3. The fourth-order valence-electron chi connectivity index (χ4n) is 4.10. The maximum atomic E-state index is 12.8. The van der Waals surface area contributed by atoms with Gasteiger partial charge in [-0.1, -0.05) is 78.9 Å². The molecular formula is C28H24N4O4. The van der Waals surface area contributed by atoms with E-state index in [1.807, 2.05) is 85.8 Å². The number of rotatable bonds is 7. The Balaban J connectivity index is 1.37. The van der Waals surface area contributed by atoms with Crippen LogP contribution in [0.4, 0.5) is 10.6 Å². The van der Waals surface area contributed by atoms with Gasteiger partial charge in [0.2, 0.25) is 5.78 Å². The summed E-state index contributed by atoms with van der Waals surface area (Å²) in [6.07, 6.45) is 2.43. The highest BCUT2D eigenvalue weighted by Crippen LogP contribution is 2.31. The van der Waals surface area contributed by atoms with Crippen LogP contribution in [0.15, 0.2) is 91.3 Å². The van der Waals surface area contributed by atoms with E-state index in [0.29, 0.717) is 17.3 Å². The minimum absolute atomic E-state index is 0.00376. The third kappa shape index (κ3) is 4.83. The number of nitrogens with one attached hydrogen (secondary N) is 2. The molecule has 5 rings (SSSR count). The molecule has 0 spiro atoms. The van der Waals surface area contributed by atoms with Gasteiger partial charge in [-0.05, 0) is 29.2 Å². The molecule has 36 heavy (non-hydrogen) atoms. The first-order valence-electron chi connectivity index (χ1n) is 11.5. The number of H-pyrrole nitrogens is 1. The number of carboxylic acids is 1. The number of carboxylic acid groups (broad SMARTS) is 1. The predicted octanol–water partition coefficient (Wildman–Crippen LogP) is 5.93. The van der Waals surface area contributed by atoms with Gasteiger partial charge in [0.05, 0.1) is 12.1 Å². The first kappa shape index (κ1) is 22.9. The Hall–Kier alpha value is -4.85. The second kappa shape index (κ2) is 9.79. The molecule has 8 heteroatoms. The Kier molecular flexibility index (Phi) is 6.23. The summed E-state index contributed by atoms with van der Waals surface area (Å²) in [5.41, 5.74) is 5.18. The van der Waals surface area contributed by atoms with E-state index in [2.05, 4.69) is 15.3 Å². The first-order valence-corrected chi connectivity index (χ1v) is 11.5. The van der Waals surface area contributed by atoms with Crippen LogP contribution in [0.5, 0.6) is 0 Å². The lowest BCUT2D eigenvalue weighted by Gasteiger charge is -2.14. The number of imidazole rings is 2. The van der Waals surface area contributed by atoms with E-state index in [9.17, 15) is 9.59 Å². The van der Waals surface area contributed by atoms with Gasteiger partial charge >= 0.3 is 12.1 Å². The molecule has 0 aliphatic carbocycles. The van der Waals surface area contributed by atoms with Gasteiger partial charge in [0.25, 0.3) is 0 Å². The van der Waals surface area contributed by atoms with Crippen LogP contribution in [0.25, 0.3) is 28.2 Å². The highest BCUT2D eigenvalue weighted by Gasteiger charge is 2.19. The van der Waals surface area contributed by atoms with Crippen LogP contribution in [0.1, 0.15) is 24.2 Å². The predicted molar refractivity (Wildman–Crippen MR) is 137 cm³/mol. The number of hydrogen-bond donors (Lipinski definition) is 3. The minimum atomic E-state index is -0.854. The van der Waals surface area contributed by atoms with Crippen LogP contribution in [0.3, 0.4) is 0 Å². The van der Waals surface area contributed by atoms with Crippen molar-refractivity contribution in [1.82, 2.24) is 14.4 Å². The SMILES string of the molecule is CC(OC(=O)Nc1c(-c2ccc(-c3ccc(CC(=O)O)cc3)cc2)[nH]c2nccn12)c1ccccc1. The van der Waals surface area contributed by atoms with Gasteiger partial charge in [0.15, 0.2) is 0 Å². The van der Waals surface area contributed by atoms with Crippen LogP contribution < -0.4 is 5.32 Å². The molecule has 0 aliphatic heterocycles. The van der Waals surface area contributed by atoms with E-state index in [4.69, 9.17) is 9.84 Å². The number of aliphatic carboxylic acids is 1. The molecule has 2 aromatic heterocycles. The molecule has 0 saturated carbocycles. The number of nitrogens with zero attached hydrogens (tertiary/aromatic N) is 2. The monoisotopic (exact) mass is 480 g/mol. The summed E-state index contributed by atoms with van der Waals surface area (Å²) >= 11 is 0. The van der Waals surface area contributed by atoms with Gasteiger partial charge in [-0.25, -0.2) is 9.78 Å². The van der Waals surface area contributed by atoms with Gasteiger partial charge in [-0.3, -0.25) is 14.5 Å². The van der Waals surface area contributed by atoms with Crippen molar-refractivity contribution in [3.63, 3.8) is 0 Å². The highest BCUT2D eigenvalue weighted by molar-refractivity contribution is 5.90. The zero-order valence-electron chi connectivity index (χ0n) is 19.5. The molecule has 0 radical (unpaired) electrons. The molecule has 1 atom stereocenters. The second-order valence-corrected chi connectivity index (χ2v) is 8.40. The lowest BCUT2D eigenvalue weighted by Crippen LogP contribution is -2.17. The molecule has 3 N–H and O–H groups in total. The van der Waals surface area contributed by atoms with Gasteiger partial charge in [-0.2, -0.15) is 0 Å². The van der Waals surface area contributed by atoms with E-state index >= 15 is 0 Å². The number of aromatic amines is 1. The number of amides is 1. The van der Waals surface area contributed by atoms with Gasteiger partial charge in [0, 0.05) is 18.0 Å². The summed E-state index contributed by atoms with van der Waals surface area (Å²) in [7, 11) is 0. The molecular weight excluding hydrogens is 456 g/mol. The molecule has 2 heterocycles. The van der Waals surface area contributed by atoms with E-state index in [0.717, 1.165) is 27.8 Å². The topological polar surface area (TPSA) is 109 Å². The standard InChI is InChI=1S/C28H24N4O4/c1-18(20-5-3-2-4-6-20)36-28(35)31-26-25(30-27-29-15-16-32(26)27)23-13-11-22(12-14-23)21-9-7-19(8-10-21)17-24(33)34/h2-16,18H,17H2,1H3,(H,29,30)(H,31,35)(H,33,34). The largest absolute Gasteiger partial charge is 0.481 e. The smallest absolute Gasteiger partial charge is 0.413 e. The number of carbonyl (C=O) groups excluding carboxylic acids is 1. The van der Waals surface area contributed by atoms with Crippen molar-refractivity contribution in [2.24, 2.45) is 0 Å². The van der Waals surface area contributed by atoms with Crippen LogP contribution in [-0.4, -0.2) is 31.5 Å². The van der Waals surface area contributed by atoms with Crippen molar-refractivity contribution in [1.29, 1.82) is 0 Å². The van der Waals surface area contributed by atoms with Crippen molar-refractivity contribution < 1.29 is 19.4 Å². The Morgan fingerprint density at radius 1 is 0.972 bits per heavy atom. The summed E-state index contributed by atoms with van der Waals surface area (Å²) in [4.78, 5) is 31.2. The maximum absolute atomic E-state index is 12.8. The summed E-state index contributed by atoms with van der Waals surface area (Å²) < 4.78 is 7.37. The first-order chi connectivity index (χ1) is 17.5. The fourth-order valence-corrected chi connectivity index (χ4v) is 4.10. The Morgan fingerprint density at radius 2 is 1.61 bits per heavy atom. The molecule has 0 bridgehead atoms. The molecule has 1 unspecified atom stereocenters. The summed E-state index contributed by atoms with van der Waals surface area (Å²) in [5.74, 6) is 0.264. The van der Waals surface area contributed by atoms with E-state index in [1.54, 1.807) is 16.8 Å². The maximum Gasteiger partial charge on any atom is 0.413 e. The zero-order chi connectivity index (χ0) is 25.1. The molecule has 0 aliphatic rings. The molecule has 0 saturated heterocycles.